The van der Waals surface area contributed by atoms with Crippen molar-refractivity contribution in [3.63, 3.8) is 0 Å². The lowest BCUT2D eigenvalue weighted by molar-refractivity contribution is -0.929. The molecule has 0 saturated carbocycles. The van der Waals surface area contributed by atoms with Crippen LogP contribution in [0.15, 0.2) is 66.7 Å². The Bertz CT molecular complexity index is 1040. The van der Waals surface area contributed by atoms with Gasteiger partial charge in [0, 0.05) is 12.0 Å². The van der Waals surface area contributed by atoms with E-state index in [4.69, 9.17) is 0 Å². The molecule has 146 valence electrons. The quantitative estimate of drug-likeness (QED) is 0.628. The molecule has 1 amide bonds. The normalized spacial score (nSPS) is 20.6. The molecule has 5 heteroatoms. The van der Waals surface area contributed by atoms with E-state index in [0.29, 0.717) is 0 Å². The van der Waals surface area contributed by atoms with Gasteiger partial charge in [0.1, 0.15) is 24.3 Å². The van der Waals surface area contributed by atoms with Crippen molar-refractivity contribution in [1.82, 2.24) is 5.32 Å². The van der Waals surface area contributed by atoms with Crippen LogP contribution in [0.25, 0.3) is 6.08 Å². The second kappa shape index (κ2) is 7.85. The number of anilines is 1. The van der Waals surface area contributed by atoms with E-state index in [9.17, 15) is 4.79 Å². The average Bonchev–Trinajstić information content (AvgIpc) is 3.12. The van der Waals surface area contributed by atoms with Crippen LogP contribution in [0.1, 0.15) is 31.9 Å². The Morgan fingerprint density at radius 2 is 1.79 bits per heavy atom. The minimum atomic E-state index is -0.178. The molecule has 3 aromatic rings. The summed E-state index contributed by atoms with van der Waals surface area (Å²) in [5, 5.41) is 7.62. The van der Waals surface area contributed by atoms with Gasteiger partial charge in [-0.1, -0.05) is 66.7 Å². The second-order valence-electron chi connectivity index (χ2n) is 7.66. The number of quaternary nitrogens is 1. The third-order valence-corrected chi connectivity index (χ3v) is 6.77. The third kappa shape index (κ3) is 3.84. The van der Waals surface area contributed by atoms with Crippen molar-refractivity contribution >= 4 is 28.3 Å². The lowest BCUT2D eigenvalue weighted by atomic mass is 10.0. The molecule has 0 fully saturated rings. The number of benzene rings is 2. The number of carbonyl (C=O) groups is 1. The molecule has 3 N–H and O–H groups in total. The maximum absolute atomic E-state index is 12.8. The molecule has 29 heavy (non-hydrogen) atoms. The molecule has 5 rings (SSSR count). The van der Waals surface area contributed by atoms with Crippen molar-refractivity contribution in [3.05, 3.63) is 93.9 Å². The van der Waals surface area contributed by atoms with Gasteiger partial charge in [-0.2, -0.15) is 0 Å². The Kier molecular flexibility index (Phi) is 4.92. The van der Waals surface area contributed by atoms with Gasteiger partial charge in [-0.25, -0.2) is 0 Å². The van der Waals surface area contributed by atoms with Gasteiger partial charge in [-0.05, 0) is 17.2 Å². The summed E-state index contributed by atoms with van der Waals surface area (Å²) in [6.45, 7) is 3.09. The van der Waals surface area contributed by atoms with Crippen molar-refractivity contribution < 1.29 is 9.69 Å². The highest BCUT2D eigenvalue weighted by Gasteiger charge is 2.33. The minimum absolute atomic E-state index is 0.0467. The van der Waals surface area contributed by atoms with E-state index in [-0.39, 0.29) is 12.1 Å². The average molecular weight is 403 g/mol. The Labute approximate surface area is 174 Å². The van der Waals surface area contributed by atoms with Gasteiger partial charge in [0.05, 0.1) is 17.0 Å². The first kappa shape index (κ1) is 18.2. The van der Waals surface area contributed by atoms with Crippen LogP contribution in [0.3, 0.4) is 0 Å². The standard InChI is InChI=1S/C24H23N3OS/c28-23-22-19-13-14-27(15-18-9-5-2-6-10-18)16-20(19)29-24(22)26-21(25-23)12-11-17-7-3-1-4-8-17/h1-12,21,26H,13-16H2,(H,25,28)/p+1/b12-11-/t21-/m1/s1. The highest BCUT2D eigenvalue weighted by Crippen LogP contribution is 2.36. The van der Waals surface area contributed by atoms with Crippen LogP contribution in [0, 0.1) is 0 Å². The molecular weight excluding hydrogens is 378 g/mol. The maximum atomic E-state index is 12.8. The van der Waals surface area contributed by atoms with Gasteiger partial charge in [-0.15, -0.1) is 11.3 Å². The molecule has 2 aliphatic heterocycles. The van der Waals surface area contributed by atoms with Crippen molar-refractivity contribution in [1.29, 1.82) is 0 Å². The summed E-state index contributed by atoms with van der Waals surface area (Å²) in [6, 6.07) is 20.8. The SMILES string of the molecule is O=C1N[C@@H](/C=C\c2ccccc2)Nc2sc3c(c21)CC[NH+](Cc1ccccc1)C3. The Morgan fingerprint density at radius 1 is 1.03 bits per heavy atom. The van der Waals surface area contributed by atoms with E-state index in [1.54, 1.807) is 16.2 Å². The van der Waals surface area contributed by atoms with Crippen molar-refractivity contribution in [2.75, 3.05) is 11.9 Å². The molecule has 2 aromatic carbocycles. The summed E-state index contributed by atoms with van der Waals surface area (Å²) in [5.41, 5.74) is 4.61. The van der Waals surface area contributed by atoms with Gasteiger partial charge in [0.25, 0.3) is 5.91 Å². The second-order valence-corrected chi connectivity index (χ2v) is 8.77. The first-order valence-corrected chi connectivity index (χ1v) is 10.9. The van der Waals surface area contributed by atoms with Crippen LogP contribution in [-0.4, -0.2) is 18.6 Å². The summed E-state index contributed by atoms with van der Waals surface area (Å²) >= 11 is 1.75. The fourth-order valence-electron chi connectivity index (χ4n) is 4.17. The highest BCUT2D eigenvalue weighted by molar-refractivity contribution is 7.16. The molecule has 4 nitrogen and oxygen atoms in total. The predicted molar refractivity (Wildman–Crippen MR) is 118 cm³/mol. The minimum Gasteiger partial charge on any atom is -0.353 e. The monoisotopic (exact) mass is 402 g/mol. The maximum Gasteiger partial charge on any atom is 0.256 e. The molecule has 0 bridgehead atoms. The van der Waals surface area contributed by atoms with Crippen molar-refractivity contribution in [2.24, 2.45) is 0 Å². The first-order valence-electron chi connectivity index (χ1n) is 10.1. The summed E-state index contributed by atoms with van der Waals surface area (Å²) in [6.07, 6.45) is 4.84. The largest absolute Gasteiger partial charge is 0.353 e. The smallest absolute Gasteiger partial charge is 0.256 e. The molecule has 0 aliphatic carbocycles. The van der Waals surface area contributed by atoms with Gasteiger partial charge in [-0.3, -0.25) is 4.79 Å². The van der Waals surface area contributed by atoms with Gasteiger partial charge >= 0.3 is 0 Å². The Balaban J connectivity index is 1.32. The molecule has 0 radical (unpaired) electrons. The van der Waals surface area contributed by atoms with Gasteiger partial charge in [0.2, 0.25) is 0 Å². The van der Waals surface area contributed by atoms with Crippen LogP contribution in [0.2, 0.25) is 0 Å². The van der Waals surface area contributed by atoms with Crippen LogP contribution >= 0.6 is 11.3 Å². The van der Waals surface area contributed by atoms with Crippen molar-refractivity contribution in [3.8, 4) is 0 Å². The van der Waals surface area contributed by atoms with E-state index >= 15 is 0 Å². The zero-order valence-electron chi connectivity index (χ0n) is 16.2. The number of hydrogen-bond donors (Lipinski definition) is 3. The van der Waals surface area contributed by atoms with Crippen molar-refractivity contribution in [2.45, 2.75) is 25.7 Å². The Hall–Kier alpha value is -2.89. The van der Waals surface area contributed by atoms with E-state index in [2.05, 4.69) is 53.1 Å². The number of fused-ring (bicyclic) bond motifs is 3. The number of thiophene rings is 1. The molecule has 2 aliphatic rings. The lowest BCUT2D eigenvalue weighted by Crippen LogP contribution is -3.10. The fourth-order valence-corrected chi connectivity index (χ4v) is 5.53. The summed E-state index contributed by atoms with van der Waals surface area (Å²) < 4.78 is 0. The van der Waals surface area contributed by atoms with Crippen LogP contribution < -0.4 is 15.5 Å². The Morgan fingerprint density at radius 3 is 2.59 bits per heavy atom. The van der Waals surface area contributed by atoms with Gasteiger partial charge < -0.3 is 15.5 Å². The number of hydrogen-bond acceptors (Lipinski definition) is 3. The molecule has 3 heterocycles. The lowest BCUT2D eigenvalue weighted by Gasteiger charge is -2.26. The fraction of sp³-hybridized carbons (Fsp3) is 0.208. The number of carbonyl (C=O) groups excluding carboxylic acids is 1. The zero-order valence-corrected chi connectivity index (χ0v) is 17.0. The molecule has 1 aromatic heterocycles. The summed E-state index contributed by atoms with van der Waals surface area (Å²) in [4.78, 5) is 15.7. The topological polar surface area (TPSA) is 45.6 Å². The van der Waals surface area contributed by atoms with E-state index in [0.717, 1.165) is 42.2 Å². The summed E-state index contributed by atoms with van der Waals surface area (Å²) in [7, 11) is 0. The molecule has 1 unspecified atom stereocenters. The number of nitrogens with one attached hydrogen (secondary N) is 3. The van der Waals surface area contributed by atoms with Crippen LogP contribution in [0.5, 0.6) is 0 Å². The van der Waals surface area contributed by atoms with Crippen LogP contribution in [-0.2, 0) is 19.5 Å². The first-order chi connectivity index (χ1) is 14.3. The van der Waals surface area contributed by atoms with Gasteiger partial charge in [0.15, 0.2) is 0 Å². The zero-order chi connectivity index (χ0) is 19.6. The van der Waals surface area contributed by atoms with E-state index < -0.39 is 0 Å². The summed E-state index contributed by atoms with van der Waals surface area (Å²) in [5.74, 6) is 0.0467. The molecular formula is C24H24N3OS+. The predicted octanol–water partition coefficient (Wildman–Crippen LogP) is 3.08. The molecule has 2 atom stereocenters. The highest BCUT2D eigenvalue weighted by atomic mass is 32.1. The van der Waals surface area contributed by atoms with E-state index in [1.807, 2.05) is 30.4 Å². The van der Waals surface area contributed by atoms with E-state index in [1.165, 1.54) is 16.0 Å². The third-order valence-electron chi connectivity index (χ3n) is 5.61. The molecule has 0 spiro atoms. The number of rotatable bonds is 4. The molecule has 0 saturated heterocycles. The number of amides is 1. The van der Waals surface area contributed by atoms with Crippen LogP contribution in [0.4, 0.5) is 5.00 Å².